The molecule has 0 aromatic carbocycles. The zero-order valence-corrected chi connectivity index (χ0v) is 9.48. The Morgan fingerprint density at radius 1 is 1.44 bits per heavy atom. The molecule has 5 nitrogen and oxygen atoms in total. The van der Waals surface area contributed by atoms with Gasteiger partial charge in [-0.25, -0.2) is 4.98 Å². The second-order valence-electron chi connectivity index (χ2n) is 3.79. The summed E-state index contributed by atoms with van der Waals surface area (Å²) >= 11 is 0. The van der Waals surface area contributed by atoms with Gasteiger partial charge in [-0.2, -0.15) is 0 Å². The Kier molecular flexibility index (Phi) is 4.07. The fourth-order valence-electron chi connectivity index (χ4n) is 1.78. The predicted molar refractivity (Wildman–Crippen MR) is 59.3 cm³/mol. The molecule has 0 amide bonds. The van der Waals surface area contributed by atoms with Gasteiger partial charge in [-0.3, -0.25) is 4.98 Å². The SMILES string of the molecule is COc1nccnc1COC1CCCNC1. The van der Waals surface area contributed by atoms with E-state index in [2.05, 4.69) is 15.3 Å². The van der Waals surface area contributed by atoms with E-state index in [-0.39, 0.29) is 6.10 Å². The maximum absolute atomic E-state index is 5.77. The first-order valence-electron chi connectivity index (χ1n) is 5.56. The Morgan fingerprint density at radius 2 is 2.31 bits per heavy atom. The molecule has 5 heteroatoms. The van der Waals surface area contributed by atoms with Gasteiger partial charge in [0.05, 0.1) is 19.8 Å². The van der Waals surface area contributed by atoms with Crippen LogP contribution in [0.3, 0.4) is 0 Å². The Labute approximate surface area is 95.2 Å². The molecule has 0 aliphatic carbocycles. The van der Waals surface area contributed by atoms with Crippen molar-refractivity contribution < 1.29 is 9.47 Å². The second kappa shape index (κ2) is 5.77. The number of nitrogens with zero attached hydrogens (tertiary/aromatic N) is 2. The molecule has 1 aromatic heterocycles. The molecule has 1 unspecified atom stereocenters. The van der Waals surface area contributed by atoms with Crippen molar-refractivity contribution in [1.29, 1.82) is 0 Å². The van der Waals surface area contributed by atoms with Gasteiger partial charge in [0.15, 0.2) is 0 Å². The summed E-state index contributed by atoms with van der Waals surface area (Å²) in [5, 5.41) is 3.31. The van der Waals surface area contributed by atoms with Crippen LogP contribution in [0, 0.1) is 0 Å². The van der Waals surface area contributed by atoms with Crippen molar-refractivity contribution >= 4 is 0 Å². The van der Waals surface area contributed by atoms with Crippen molar-refractivity contribution in [3.05, 3.63) is 18.1 Å². The van der Waals surface area contributed by atoms with Crippen molar-refractivity contribution in [1.82, 2.24) is 15.3 Å². The van der Waals surface area contributed by atoms with Crippen molar-refractivity contribution in [3.8, 4) is 5.88 Å². The lowest BCUT2D eigenvalue weighted by Crippen LogP contribution is -2.35. The number of hydrogen-bond acceptors (Lipinski definition) is 5. The summed E-state index contributed by atoms with van der Waals surface area (Å²) in [5.41, 5.74) is 0.760. The summed E-state index contributed by atoms with van der Waals surface area (Å²) in [6, 6.07) is 0. The van der Waals surface area contributed by atoms with Crippen molar-refractivity contribution in [2.45, 2.75) is 25.6 Å². The largest absolute Gasteiger partial charge is 0.480 e. The number of ether oxygens (including phenoxy) is 2. The summed E-state index contributed by atoms with van der Waals surface area (Å²) in [7, 11) is 1.59. The van der Waals surface area contributed by atoms with Gasteiger partial charge >= 0.3 is 0 Å². The van der Waals surface area contributed by atoms with E-state index in [0.717, 1.165) is 25.2 Å². The average molecular weight is 223 g/mol. The third-order valence-electron chi connectivity index (χ3n) is 2.64. The minimum absolute atomic E-state index is 0.278. The molecule has 0 radical (unpaired) electrons. The van der Waals surface area contributed by atoms with Crippen LogP contribution < -0.4 is 10.1 Å². The third-order valence-corrected chi connectivity index (χ3v) is 2.64. The number of nitrogens with one attached hydrogen (secondary N) is 1. The molecule has 1 N–H and O–H groups in total. The maximum Gasteiger partial charge on any atom is 0.237 e. The van der Waals surface area contributed by atoms with Gasteiger partial charge in [-0.05, 0) is 19.4 Å². The van der Waals surface area contributed by atoms with E-state index in [9.17, 15) is 0 Å². The fraction of sp³-hybridized carbons (Fsp3) is 0.636. The minimum atomic E-state index is 0.278. The highest BCUT2D eigenvalue weighted by Gasteiger charge is 2.14. The monoisotopic (exact) mass is 223 g/mol. The lowest BCUT2D eigenvalue weighted by molar-refractivity contribution is 0.0224. The van der Waals surface area contributed by atoms with Gasteiger partial charge in [0.1, 0.15) is 5.69 Å². The number of hydrogen-bond donors (Lipinski definition) is 1. The first kappa shape index (κ1) is 11.3. The van der Waals surface area contributed by atoms with E-state index in [4.69, 9.17) is 9.47 Å². The van der Waals surface area contributed by atoms with Crippen LogP contribution in [0.2, 0.25) is 0 Å². The summed E-state index contributed by atoms with van der Waals surface area (Å²) in [4.78, 5) is 8.28. The smallest absolute Gasteiger partial charge is 0.237 e. The Morgan fingerprint density at radius 3 is 3.06 bits per heavy atom. The first-order valence-corrected chi connectivity index (χ1v) is 5.56. The molecule has 16 heavy (non-hydrogen) atoms. The molecule has 88 valence electrons. The van der Waals surface area contributed by atoms with Gasteiger partial charge < -0.3 is 14.8 Å². The van der Waals surface area contributed by atoms with E-state index in [0.29, 0.717) is 12.5 Å². The zero-order valence-electron chi connectivity index (χ0n) is 9.48. The van der Waals surface area contributed by atoms with Crippen molar-refractivity contribution in [3.63, 3.8) is 0 Å². The van der Waals surface area contributed by atoms with Crippen LogP contribution in [0.1, 0.15) is 18.5 Å². The van der Waals surface area contributed by atoms with Crippen LogP contribution in [0.25, 0.3) is 0 Å². The molecule has 2 heterocycles. The van der Waals surface area contributed by atoms with Crippen LogP contribution in [-0.4, -0.2) is 36.3 Å². The van der Waals surface area contributed by atoms with E-state index in [1.807, 2.05) is 0 Å². The maximum atomic E-state index is 5.77. The van der Waals surface area contributed by atoms with Crippen LogP contribution in [0.15, 0.2) is 12.4 Å². The van der Waals surface area contributed by atoms with Crippen molar-refractivity contribution in [2.24, 2.45) is 0 Å². The highest BCUT2D eigenvalue weighted by molar-refractivity contribution is 5.15. The van der Waals surface area contributed by atoms with E-state index in [1.165, 1.54) is 6.42 Å². The highest BCUT2D eigenvalue weighted by Crippen LogP contribution is 2.14. The molecule has 1 aliphatic rings. The standard InChI is InChI=1S/C11H17N3O2/c1-15-11-10(13-5-6-14-11)8-16-9-3-2-4-12-7-9/h5-6,9,12H,2-4,7-8H2,1H3. The number of aromatic nitrogens is 2. The summed E-state index contributed by atoms with van der Waals surface area (Å²) in [5.74, 6) is 0.547. The quantitative estimate of drug-likeness (QED) is 0.816. The lowest BCUT2D eigenvalue weighted by Gasteiger charge is -2.22. The Bertz CT molecular complexity index is 327. The molecular weight excluding hydrogens is 206 g/mol. The van der Waals surface area contributed by atoms with E-state index in [1.54, 1.807) is 19.5 Å². The molecule has 1 aliphatic heterocycles. The third kappa shape index (κ3) is 2.90. The van der Waals surface area contributed by atoms with E-state index >= 15 is 0 Å². The lowest BCUT2D eigenvalue weighted by atomic mass is 10.1. The summed E-state index contributed by atoms with van der Waals surface area (Å²) in [6.45, 7) is 2.47. The first-order chi connectivity index (χ1) is 7.90. The van der Waals surface area contributed by atoms with Gasteiger partial charge in [0.25, 0.3) is 0 Å². The highest BCUT2D eigenvalue weighted by atomic mass is 16.5. The zero-order chi connectivity index (χ0) is 11.2. The molecule has 1 saturated heterocycles. The van der Waals surface area contributed by atoms with Crippen molar-refractivity contribution in [2.75, 3.05) is 20.2 Å². The van der Waals surface area contributed by atoms with E-state index < -0.39 is 0 Å². The molecule has 1 aromatic rings. The molecular formula is C11H17N3O2. The number of piperidine rings is 1. The predicted octanol–water partition coefficient (Wildman–Crippen LogP) is 0.754. The topological polar surface area (TPSA) is 56.3 Å². The van der Waals surface area contributed by atoms with Gasteiger partial charge in [-0.1, -0.05) is 0 Å². The van der Waals surface area contributed by atoms with Gasteiger partial charge in [-0.15, -0.1) is 0 Å². The summed E-state index contributed by atoms with van der Waals surface area (Å²) in [6.07, 6.45) is 5.82. The summed E-state index contributed by atoms with van der Waals surface area (Å²) < 4.78 is 10.9. The molecule has 2 rings (SSSR count). The average Bonchev–Trinajstić information content (AvgIpc) is 2.38. The molecule has 0 spiro atoms. The normalized spacial score (nSPS) is 20.7. The van der Waals surface area contributed by atoms with Crippen LogP contribution >= 0.6 is 0 Å². The van der Waals surface area contributed by atoms with Gasteiger partial charge in [0.2, 0.25) is 5.88 Å². The molecule has 0 bridgehead atoms. The minimum Gasteiger partial charge on any atom is -0.480 e. The van der Waals surface area contributed by atoms with Crippen LogP contribution in [-0.2, 0) is 11.3 Å². The molecule has 1 fully saturated rings. The number of rotatable bonds is 4. The van der Waals surface area contributed by atoms with Crippen LogP contribution in [0.5, 0.6) is 5.88 Å². The second-order valence-corrected chi connectivity index (χ2v) is 3.79. The van der Waals surface area contributed by atoms with Crippen LogP contribution in [0.4, 0.5) is 0 Å². The molecule has 0 saturated carbocycles. The molecule has 1 atom stereocenters. The Balaban J connectivity index is 1.88. The van der Waals surface area contributed by atoms with Gasteiger partial charge in [0, 0.05) is 18.9 Å². The Hall–Kier alpha value is -1.20. The fourth-order valence-corrected chi connectivity index (χ4v) is 1.78. The number of methoxy groups -OCH3 is 1.